The van der Waals surface area contributed by atoms with Crippen LogP contribution in [0.25, 0.3) is 0 Å². The minimum Gasteiger partial charge on any atom is -0.357 e. The highest BCUT2D eigenvalue weighted by molar-refractivity contribution is 6.33. The Morgan fingerprint density at radius 2 is 1.95 bits per heavy atom. The van der Waals surface area contributed by atoms with Crippen molar-refractivity contribution >= 4 is 29.1 Å². The van der Waals surface area contributed by atoms with Gasteiger partial charge in [-0.05, 0) is 18.2 Å². The van der Waals surface area contributed by atoms with Crippen molar-refractivity contribution in [1.82, 2.24) is 9.97 Å². The van der Waals surface area contributed by atoms with Crippen LogP contribution in [0, 0.1) is 5.82 Å². The molecular weight excluding hydrogens is 312 g/mol. The van der Waals surface area contributed by atoms with Crippen LogP contribution in [0.2, 0.25) is 5.02 Å². The lowest BCUT2D eigenvalue weighted by molar-refractivity contribution is -0.137. The zero-order chi connectivity index (χ0) is 15.6. The van der Waals surface area contributed by atoms with E-state index in [4.69, 9.17) is 11.6 Å². The molecule has 1 aromatic carbocycles. The van der Waals surface area contributed by atoms with Crippen LogP contribution in [-0.4, -0.2) is 17.0 Å². The van der Waals surface area contributed by atoms with E-state index in [1.165, 1.54) is 0 Å². The Bertz CT molecular complexity index is 660. The summed E-state index contributed by atoms with van der Waals surface area (Å²) >= 11 is 5.77. The van der Waals surface area contributed by atoms with Crippen LogP contribution < -0.4 is 10.6 Å². The van der Waals surface area contributed by atoms with Crippen molar-refractivity contribution < 1.29 is 17.6 Å². The van der Waals surface area contributed by atoms with Crippen molar-refractivity contribution in [2.24, 2.45) is 0 Å². The molecule has 0 unspecified atom stereocenters. The standard InChI is InChI=1S/C12H9ClF4N4/c1-18-11-19-5-8(14)10(21-11)20-9-3-2-6(4-7(9)13)12(15,16)17/h2-5H,1H3,(H2,18,19,20,21). The maximum absolute atomic E-state index is 13.6. The maximum Gasteiger partial charge on any atom is 0.416 e. The summed E-state index contributed by atoms with van der Waals surface area (Å²) in [6.45, 7) is 0. The van der Waals surface area contributed by atoms with Gasteiger partial charge in [-0.25, -0.2) is 9.37 Å². The van der Waals surface area contributed by atoms with Crippen molar-refractivity contribution in [3.63, 3.8) is 0 Å². The summed E-state index contributed by atoms with van der Waals surface area (Å²) in [6, 6.07) is 2.69. The summed E-state index contributed by atoms with van der Waals surface area (Å²) in [4.78, 5) is 7.46. The fourth-order valence-corrected chi connectivity index (χ4v) is 1.72. The molecule has 0 spiro atoms. The molecule has 0 saturated heterocycles. The van der Waals surface area contributed by atoms with Crippen LogP contribution in [-0.2, 0) is 6.18 Å². The monoisotopic (exact) mass is 320 g/mol. The van der Waals surface area contributed by atoms with Gasteiger partial charge in [0.15, 0.2) is 11.6 Å². The quantitative estimate of drug-likeness (QED) is 0.837. The molecule has 2 aromatic rings. The molecule has 0 amide bonds. The lowest BCUT2D eigenvalue weighted by Crippen LogP contribution is -2.06. The second-order valence-electron chi connectivity index (χ2n) is 3.96. The van der Waals surface area contributed by atoms with Gasteiger partial charge in [0, 0.05) is 7.05 Å². The third-order valence-electron chi connectivity index (χ3n) is 2.52. The molecule has 0 atom stereocenters. The first kappa shape index (κ1) is 15.3. The van der Waals surface area contributed by atoms with Gasteiger partial charge in [-0.2, -0.15) is 18.2 Å². The molecule has 4 nitrogen and oxygen atoms in total. The molecule has 0 bridgehead atoms. The summed E-state index contributed by atoms with van der Waals surface area (Å²) < 4.78 is 51.1. The number of halogens is 5. The average Bonchev–Trinajstić information content (AvgIpc) is 2.42. The number of aromatic nitrogens is 2. The van der Waals surface area contributed by atoms with E-state index in [0.717, 1.165) is 24.4 Å². The lowest BCUT2D eigenvalue weighted by Gasteiger charge is -2.12. The second kappa shape index (κ2) is 5.72. The summed E-state index contributed by atoms with van der Waals surface area (Å²) in [6.07, 6.45) is -3.57. The highest BCUT2D eigenvalue weighted by Gasteiger charge is 2.30. The van der Waals surface area contributed by atoms with Gasteiger partial charge in [-0.3, -0.25) is 0 Å². The first-order valence-electron chi connectivity index (χ1n) is 5.65. The number of hydrogen-bond acceptors (Lipinski definition) is 4. The largest absolute Gasteiger partial charge is 0.416 e. The fourth-order valence-electron chi connectivity index (χ4n) is 1.50. The Balaban J connectivity index is 2.32. The molecule has 0 aliphatic carbocycles. The zero-order valence-corrected chi connectivity index (χ0v) is 11.3. The normalized spacial score (nSPS) is 11.3. The smallest absolute Gasteiger partial charge is 0.357 e. The Morgan fingerprint density at radius 3 is 2.52 bits per heavy atom. The zero-order valence-electron chi connectivity index (χ0n) is 10.6. The molecule has 9 heteroatoms. The van der Waals surface area contributed by atoms with Crippen molar-refractivity contribution in [3.8, 4) is 0 Å². The molecule has 112 valence electrons. The molecule has 1 aromatic heterocycles. The lowest BCUT2D eigenvalue weighted by atomic mass is 10.2. The predicted molar refractivity (Wildman–Crippen MR) is 71.3 cm³/mol. The minimum absolute atomic E-state index is 0.101. The number of benzene rings is 1. The van der Waals surface area contributed by atoms with Crippen molar-refractivity contribution in [1.29, 1.82) is 0 Å². The molecule has 2 rings (SSSR count). The Labute approximate surface area is 122 Å². The molecule has 0 saturated carbocycles. The SMILES string of the molecule is CNc1ncc(F)c(Nc2ccc(C(F)(F)F)cc2Cl)n1. The highest BCUT2D eigenvalue weighted by atomic mass is 35.5. The van der Waals surface area contributed by atoms with E-state index in [1.54, 1.807) is 7.05 Å². The average molecular weight is 321 g/mol. The van der Waals surface area contributed by atoms with E-state index >= 15 is 0 Å². The summed E-state index contributed by atoms with van der Waals surface area (Å²) in [5.41, 5.74) is -0.790. The molecule has 0 aliphatic heterocycles. The summed E-state index contributed by atoms with van der Waals surface area (Å²) in [5, 5.41) is 4.94. The fraction of sp³-hybridized carbons (Fsp3) is 0.167. The van der Waals surface area contributed by atoms with Crippen LogP contribution in [0.4, 0.5) is 35.0 Å². The summed E-state index contributed by atoms with van der Waals surface area (Å²) in [7, 11) is 1.54. The van der Waals surface area contributed by atoms with Crippen LogP contribution >= 0.6 is 11.6 Å². The van der Waals surface area contributed by atoms with E-state index in [9.17, 15) is 17.6 Å². The van der Waals surface area contributed by atoms with Gasteiger partial charge in [0.25, 0.3) is 0 Å². The van der Waals surface area contributed by atoms with Crippen LogP contribution in [0.1, 0.15) is 5.56 Å². The number of hydrogen-bond donors (Lipinski definition) is 2. The molecule has 0 fully saturated rings. The molecule has 0 aliphatic rings. The van der Waals surface area contributed by atoms with Gasteiger partial charge >= 0.3 is 6.18 Å². The third-order valence-corrected chi connectivity index (χ3v) is 2.83. The van der Waals surface area contributed by atoms with Gasteiger partial charge < -0.3 is 10.6 Å². The predicted octanol–water partition coefficient (Wildman–Crippen LogP) is 4.07. The Morgan fingerprint density at radius 1 is 1.24 bits per heavy atom. The van der Waals surface area contributed by atoms with Crippen molar-refractivity contribution in [3.05, 3.63) is 40.8 Å². The van der Waals surface area contributed by atoms with E-state index in [-0.39, 0.29) is 22.5 Å². The number of nitrogens with zero attached hydrogens (tertiary/aromatic N) is 2. The molecule has 21 heavy (non-hydrogen) atoms. The van der Waals surface area contributed by atoms with E-state index in [1.807, 2.05) is 0 Å². The maximum atomic E-state index is 13.6. The van der Waals surface area contributed by atoms with Crippen molar-refractivity contribution in [2.75, 3.05) is 17.7 Å². The highest BCUT2D eigenvalue weighted by Crippen LogP contribution is 2.34. The Hall–Kier alpha value is -2.09. The Kier molecular flexibility index (Phi) is 4.17. The van der Waals surface area contributed by atoms with Crippen LogP contribution in [0.3, 0.4) is 0 Å². The van der Waals surface area contributed by atoms with Gasteiger partial charge in [0.05, 0.1) is 22.5 Å². The number of anilines is 3. The number of rotatable bonds is 3. The topological polar surface area (TPSA) is 49.8 Å². The second-order valence-corrected chi connectivity index (χ2v) is 4.36. The molecule has 1 heterocycles. The van der Waals surface area contributed by atoms with Crippen molar-refractivity contribution in [2.45, 2.75) is 6.18 Å². The minimum atomic E-state index is -4.50. The van der Waals surface area contributed by atoms with Crippen LogP contribution in [0.15, 0.2) is 24.4 Å². The van der Waals surface area contributed by atoms with Gasteiger partial charge in [0.1, 0.15) is 0 Å². The summed E-state index contributed by atoms with van der Waals surface area (Å²) in [5.74, 6) is -0.803. The third kappa shape index (κ3) is 3.52. The van der Waals surface area contributed by atoms with E-state index < -0.39 is 17.6 Å². The first-order chi connectivity index (χ1) is 9.81. The first-order valence-corrected chi connectivity index (χ1v) is 6.03. The molecular formula is C12H9ClF4N4. The number of alkyl halides is 3. The molecule has 0 radical (unpaired) electrons. The van der Waals surface area contributed by atoms with Gasteiger partial charge in [-0.15, -0.1) is 0 Å². The number of nitrogens with one attached hydrogen (secondary N) is 2. The van der Waals surface area contributed by atoms with Gasteiger partial charge in [0.2, 0.25) is 5.95 Å². The molecule has 2 N–H and O–H groups in total. The van der Waals surface area contributed by atoms with Gasteiger partial charge in [-0.1, -0.05) is 11.6 Å². The van der Waals surface area contributed by atoms with Crippen LogP contribution in [0.5, 0.6) is 0 Å². The van der Waals surface area contributed by atoms with E-state index in [0.29, 0.717) is 0 Å². The van der Waals surface area contributed by atoms with E-state index in [2.05, 4.69) is 20.6 Å².